The third kappa shape index (κ3) is 3.28. The van der Waals surface area contributed by atoms with Crippen LogP contribution >= 0.6 is 0 Å². The fourth-order valence-corrected chi connectivity index (χ4v) is 2.93. The van der Waals surface area contributed by atoms with Crippen LogP contribution in [0, 0.1) is 0 Å². The first-order valence-electron chi connectivity index (χ1n) is 8.18. The van der Waals surface area contributed by atoms with Crippen LogP contribution in [0.15, 0.2) is 36.5 Å². The van der Waals surface area contributed by atoms with E-state index in [1.807, 2.05) is 43.0 Å². The van der Waals surface area contributed by atoms with Gasteiger partial charge in [0.1, 0.15) is 17.5 Å². The van der Waals surface area contributed by atoms with Gasteiger partial charge in [-0.2, -0.15) is 5.10 Å². The van der Waals surface area contributed by atoms with Crippen molar-refractivity contribution in [3.8, 4) is 5.75 Å². The summed E-state index contributed by atoms with van der Waals surface area (Å²) in [7, 11) is 1.64. The minimum Gasteiger partial charge on any atom is -0.497 e. The summed E-state index contributed by atoms with van der Waals surface area (Å²) in [5.41, 5.74) is 1.64. The monoisotopic (exact) mass is 329 g/mol. The van der Waals surface area contributed by atoms with Gasteiger partial charge >= 0.3 is 0 Å². The Kier molecular flexibility index (Phi) is 4.85. The van der Waals surface area contributed by atoms with Crippen LogP contribution in [-0.4, -0.2) is 47.4 Å². The predicted molar refractivity (Wildman–Crippen MR) is 90.2 cm³/mol. The smallest absolute Gasteiger partial charge is 0.272 e. The second-order valence-corrected chi connectivity index (χ2v) is 6.14. The number of morpholine rings is 1. The molecule has 0 saturated carbocycles. The predicted octanol–water partition coefficient (Wildman–Crippen LogP) is 2.69. The van der Waals surface area contributed by atoms with E-state index in [0.717, 1.165) is 11.3 Å². The molecule has 24 heavy (non-hydrogen) atoms. The summed E-state index contributed by atoms with van der Waals surface area (Å²) < 4.78 is 12.9. The molecule has 0 bridgehead atoms. The van der Waals surface area contributed by atoms with Gasteiger partial charge in [-0.3, -0.25) is 9.48 Å². The number of aromatic nitrogens is 2. The molecular formula is C18H23N3O3. The first-order chi connectivity index (χ1) is 11.6. The summed E-state index contributed by atoms with van der Waals surface area (Å²) >= 11 is 0. The van der Waals surface area contributed by atoms with Crippen LogP contribution in [0.2, 0.25) is 0 Å². The molecule has 3 rings (SSSR count). The molecule has 2 heterocycles. The van der Waals surface area contributed by atoms with Gasteiger partial charge in [0.05, 0.1) is 20.3 Å². The Hall–Kier alpha value is -2.34. The summed E-state index contributed by atoms with van der Waals surface area (Å²) in [6.07, 6.45) is 1.53. The van der Waals surface area contributed by atoms with E-state index in [4.69, 9.17) is 9.47 Å². The standard InChI is InChI=1S/C18H23N3O3/c1-13(2)21-16(7-8-19-21)18(22)20-9-10-24-17(12-20)14-5-4-6-15(11-14)23-3/h4-8,11,13,17H,9-10,12H2,1-3H3. The molecule has 0 spiro atoms. The van der Waals surface area contributed by atoms with Crippen LogP contribution in [0.1, 0.15) is 42.0 Å². The minimum atomic E-state index is -0.145. The highest BCUT2D eigenvalue weighted by Crippen LogP contribution is 2.26. The normalized spacial score (nSPS) is 18.0. The number of hydrogen-bond donors (Lipinski definition) is 0. The molecule has 1 unspecified atom stereocenters. The summed E-state index contributed by atoms with van der Waals surface area (Å²) in [6.45, 7) is 5.66. The SMILES string of the molecule is COc1cccc(C2CN(C(=O)c3ccnn3C(C)C)CCO2)c1. The fraction of sp³-hybridized carbons (Fsp3) is 0.444. The van der Waals surface area contributed by atoms with E-state index in [1.165, 1.54) is 0 Å². The van der Waals surface area contributed by atoms with Gasteiger partial charge in [-0.15, -0.1) is 0 Å². The molecule has 1 amide bonds. The van der Waals surface area contributed by atoms with Crippen molar-refractivity contribution in [2.45, 2.75) is 26.0 Å². The lowest BCUT2D eigenvalue weighted by Crippen LogP contribution is -2.43. The number of rotatable bonds is 4. The van der Waals surface area contributed by atoms with E-state index in [2.05, 4.69) is 5.10 Å². The third-order valence-corrected chi connectivity index (χ3v) is 4.20. The van der Waals surface area contributed by atoms with E-state index >= 15 is 0 Å². The number of ether oxygens (including phenoxy) is 2. The maximum absolute atomic E-state index is 12.9. The van der Waals surface area contributed by atoms with E-state index in [9.17, 15) is 4.79 Å². The van der Waals surface area contributed by atoms with E-state index in [1.54, 1.807) is 24.1 Å². The second kappa shape index (κ2) is 7.05. The third-order valence-electron chi connectivity index (χ3n) is 4.20. The number of nitrogens with zero attached hydrogens (tertiary/aromatic N) is 3. The number of carbonyl (C=O) groups is 1. The number of hydrogen-bond acceptors (Lipinski definition) is 4. The molecule has 6 nitrogen and oxygen atoms in total. The molecule has 2 aromatic rings. The zero-order valence-corrected chi connectivity index (χ0v) is 14.3. The van der Waals surface area contributed by atoms with Gasteiger partial charge in [0.2, 0.25) is 0 Å². The lowest BCUT2D eigenvalue weighted by Gasteiger charge is -2.33. The van der Waals surface area contributed by atoms with Gasteiger partial charge in [0, 0.05) is 18.8 Å². The maximum atomic E-state index is 12.9. The average molecular weight is 329 g/mol. The number of carbonyl (C=O) groups excluding carboxylic acids is 1. The molecule has 1 atom stereocenters. The van der Waals surface area contributed by atoms with Crippen LogP contribution in [0.4, 0.5) is 0 Å². The van der Waals surface area contributed by atoms with Crippen molar-refractivity contribution in [3.05, 3.63) is 47.8 Å². The van der Waals surface area contributed by atoms with Crippen molar-refractivity contribution >= 4 is 5.91 Å². The van der Waals surface area contributed by atoms with Gasteiger partial charge in [0.15, 0.2) is 0 Å². The van der Waals surface area contributed by atoms with Crippen molar-refractivity contribution in [1.82, 2.24) is 14.7 Å². The van der Waals surface area contributed by atoms with Gasteiger partial charge in [0.25, 0.3) is 5.91 Å². The molecule has 6 heteroatoms. The van der Waals surface area contributed by atoms with Crippen LogP contribution < -0.4 is 4.74 Å². The average Bonchev–Trinajstić information content (AvgIpc) is 3.11. The largest absolute Gasteiger partial charge is 0.497 e. The van der Waals surface area contributed by atoms with E-state index < -0.39 is 0 Å². The summed E-state index contributed by atoms with van der Waals surface area (Å²) in [6, 6.07) is 9.71. The van der Waals surface area contributed by atoms with Crippen LogP contribution in [0.25, 0.3) is 0 Å². The number of methoxy groups -OCH3 is 1. The molecule has 1 fully saturated rings. The van der Waals surface area contributed by atoms with Gasteiger partial charge in [-0.05, 0) is 37.6 Å². The van der Waals surface area contributed by atoms with Gasteiger partial charge in [-0.25, -0.2) is 0 Å². The molecule has 0 radical (unpaired) electrons. The second-order valence-electron chi connectivity index (χ2n) is 6.14. The molecule has 0 aliphatic carbocycles. The van der Waals surface area contributed by atoms with Crippen LogP contribution in [-0.2, 0) is 4.74 Å². The molecule has 1 aliphatic heterocycles. The van der Waals surface area contributed by atoms with Crippen molar-refractivity contribution in [1.29, 1.82) is 0 Å². The molecule has 1 aromatic carbocycles. The van der Waals surface area contributed by atoms with Crippen LogP contribution in [0.5, 0.6) is 5.75 Å². The number of amides is 1. The van der Waals surface area contributed by atoms with Crippen molar-refractivity contribution < 1.29 is 14.3 Å². The highest BCUT2D eigenvalue weighted by Gasteiger charge is 2.28. The Morgan fingerprint density at radius 3 is 2.96 bits per heavy atom. The zero-order valence-electron chi connectivity index (χ0n) is 14.3. The summed E-state index contributed by atoms with van der Waals surface area (Å²) in [5.74, 6) is 0.787. The zero-order chi connectivity index (χ0) is 17.1. The summed E-state index contributed by atoms with van der Waals surface area (Å²) in [4.78, 5) is 14.7. The molecule has 0 N–H and O–H groups in total. The molecular weight excluding hydrogens is 306 g/mol. The highest BCUT2D eigenvalue weighted by atomic mass is 16.5. The van der Waals surface area contributed by atoms with Gasteiger partial charge in [-0.1, -0.05) is 12.1 Å². The van der Waals surface area contributed by atoms with Crippen molar-refractivity contribution in [3.63, 3.8) is 0 Å². The Morgan fingerprint density at radius 1 is 1.38 bits per heavy atom. The highest BCUT2D eigenvalue weighted by molar-refractivity contribution is 5.92. The van der Waals surface area contributed by atoms with Crippen molar-refractivity contribution in [2.24, 2.45) is 0 Å². The Balaban J connectivity index is 1.77. The first kappa shape index (κ1) is 16.5. The maximum Gasteiger partial charge on any atom is 0.272 e. The minimum absolute atomic E-state index is 0.00241. The first-order valence-corrected chi connectivity index (χ1v) is 8.18. The lowest BCUT2D eigenvalue weighted by atomic mass is 10.1. The lowest BCUT2D eigenvalue weighted by molar-refractivity contribution is -0.0233. The quantitative estimate of drug-likeness (QED) is 0.865. The Bertz CT molecular complexity index is 711. The van der Waals surface area contributed by atoms with Crippen molar-refractivity contribution in [2.75, 3.05) is 26.8 Å². The summed E-state index contributed by atoms with van der Waals surface area (Å²) in [5, 5.41) is 4.25. The number of benzene rings is 1. The molecule has 1 aromatic heterocycles. The molecule has 1 aliphatic rings. The van der Waals surface area contributed by atoms with Gasteiger partial charge < -0.3 is 14.4 Å². The molecule has 1 saturated heterocycles. The topological polar surface area (TPSA) is 56.6 Å². The fourth-order valence-electron chi connectivity index (χ4n) is 2.93. The van der Waals surface area contributed by atoms with E-state index in [-0.39, 0.29) is 18.1 Å². The molecule has 128 valence electrons. The van der Waals surface area contributed by atoms with Crippen LogP contribution in [0.3, 0.4) is 0 Å². The Labute approximate surface area is 142 Å². The van der Waals surface area contributed by atoms with E-state index in [0.29, 0.717) is 25.4 Å². The Morgan fingerprint density at radius 2 is 2.21 bits per heavy atom.